The van der Waals surface area contributed by atoms with Crippen molar-refractivity contribution >= 4 is 33.2 Å². The van der Waals surface area contributed by atoms with Crippen molar-refractivity contribution in [2.24, 2.45) is 5.73 Å². The minimum absolute atomic E-state index is 0.0483. The van der Waals surface area contributed by atoms with E-state index in [1.54, 1.807) is 11.3 Å². The topological polar surface area (TPSA) is 38.9 Å². The van der Waals surface area contributed by atoms with Gasteiger partial charge < -0.3 is 5.73 Å². The zero-order valence-electron chi connectivity index (χ0n) is 11.1. The number of aryl methyl sites for hydroxylation is 1. The molecule has 20 heavy (non-hydrogen) atoms. The van der Waals surface area contributed by atoms with Gasteiger partial charge in [-0.3, -0.25) is 0 Å². The molecule has 4 heteroatoms. The molecule has 2 N–H and O–H groups in total. The third-order valence-electron chi connectivity index (χ3n) is 3.36. The van der Waals surface area contributed by atoms with Gasteiger partial charge in [-0.1, -0.05) is 29.8 Å². The number of nitrogens with two attached hydrogens (primary N) is 1. The lowest BCUT2D eigenvalue weighted by Gasteiger charge is -2.13. The second kappa shape index (κ2) is 5.52. The quantitative estimate of drug-likeness (QED) is 0.773. The lowest BCUT2D eigenvalue weighted by Crippen LogP contribution is -2.14. The van der Waals surface area contributed by atoms with Crippen molar-refractivity contribution < 1.29 is 0 Å². The first kappa shape index (κ1) is 13.6. The third-order valence-corrected chi connectivity index (χ3v) is 4.66. The van der Waals surface area contributed by atoms with Gasteiger partial charge in [0, 0.05) is 17.5 Å². The average molecular weight is 303 g/mol. The van der Waals surface area contributed by atoms with Crippen LogP contribution in [-0.2, 0) is 6.42 Å². The van der Waals surface area contributed by atoms with Gasteiger partial charge >= 0.3 is 0 Å². The monoisotopic (exact) mass is 302 g/mol. The van der Waals surface area contributed by atoms with Crippen molar-refractivity contribution in [2.45, 2.75) is 19.4 Å². The molecule has 0 spiro atoms. The van der Waals surface area contributed by atoms with E-state index in [1.807, 2.05) is 43.3 Å². The van der Waals surface area contributed by atoms with Gasteiger partial charge in [0.15, 0.2) is 0 Å². The fraction of sp³-hybridized carbons (Fsp3) is 0.188. The molecule has 1 atom stereocenters. The van der Waals surface area contributed by atoms with Gasteiger partial charge in [0.05, 0.1) is 15.2 Å². The van der Waals surface area contributed by atoms with E-state index in [9.17, 15) is 0 Å². The Kier molecular flexibility index (Phi) is 3.74. The molecule has 0 bridgehead atoms. The summed E-state index contributed by atoms with van der Waals surface area (Å²) in [6, 6.07) is 14.0. The van der Waals surface area contributed by atoms with Crippen LogP contribution in [0.15, 0.2) is 42.5 Å². The number of aromatic nitrogens is 1. The Labute approximate surface area is 127 Å². The Morgan fingerprint density at radius 1 is 1.25 bits per heavy atom. The molecule has 0 saturated carbocycles. The molecule has 3 rings (SSSR count). The third kappa shape index (κ3) is 2.70. The maximum absolute atomic E-state index is 6.32. The molecule has 0 radical (unpaired) electrons. The number of hydrogen-bond donors (Lipinski definition) is 1. The number of benzene rings is 2. The molecule has 0 aliphatic rings. The number of nitrogens with zero attached hydrogens (tertiary/aromatic N) is 1. The Morgan fingerprint density at radius 3 is 2.80 bits per heavy atom. The summed E-state index contributed by atoms with van der Waals surface area (Å²) in [4.78, 5) is 4.64. The fourth-order valence-electron chi connectivity index (χ4n) is 2.36. The molecule has 1 aromatic heterocycles. The molecule has 1 heterocycles. The van der Waals surface area contributed by atoms with Crippen molar-refractivity contribution in [3.05, 3.63) is 63.6 Å². The highest BCUT2D eigenvalue weighted by atomic mass is 35.5. The first-order chi connectivity index (χ1) is 9.63. The second-order valence-corrected chi connectivity index (χ2v) is 6.44. The van der Waals surface area contributed by atoms with Crippen molar-refractivity contribution in [3.8, 4) is 0 Å². The van der Waals surface area contributed by atoms with Gasteiger partial charge in [-0.05, 0) is 42.3 Å². The highest BCUT2D eigenvalue weighted by Gasteiger charge is 2.13. The van der Waals surface area contributed by atoms with Crippen LogP contribution < -0.4 is 5.73 Å². The number of hydrogen-bond acceptors (Lipinski definition) is 3. The number of halogens is 1. The molecular formula is C16H15ClN2S. The molecule has 1 unspecified atom stereocenters. The molecule has 0 amide bonds. The molecule has 2 nitrogen and oxygen atoms in total. The van der Waals surface area contributed by atoms with Crippen LogP contribution in [0.5, 0.6) is 0 Å². The highest BCUT2D eigenvalue weighted by molar-refractivity contribution is 7.18. The number of thiazole rings is 1. The van der Waals surface area contributed by atoms with Gasteiger partial charge in [0.2, 0.25) is 0 Å². The van der Waals surface area contributed by atoms with Crippen LogP contribution >= 0.6 is 22.9 Å². The van der Waals surface area contributed by atoms with E-state index in [0.717, 1.165) is 33.1 Å². The molecule has 3 aromatic rings. The standard InChI is InChI=1S/C16H15ClN2S/c1-10-8-11(17)6-7-12(10)13(18)9-16-19-14-4-2-3-5-15(14)20-16/h2-8,13H,9,18H2,1H3. The summed E-state index contributed by atoms with van der Waals surface area (Å²) in [7, 11) is 0. The van der Waals surface area contributed by atoms with E-state index in [-0.39, 0.29) is 6.04 Å². The minimum atomic E-state index is -0.0483. The van der Waals surface area contributed by atoms with Gasteiger partial charge in [-0.15, -0.1) is 11.3 Å². The molecule has 2 aromatic carbocycles. The predicted octanol–water partition coefficient (Wildman–Crippen LogP) is 4.50. The van der Waals surface area contributed by atoms with Gasteiger partial charge in [-0.25, -0.2) is 4.98 Å². The summed E-state index contributed by atoms with van der Waals surface area (Å²) in [6.45, 7) is 2.04. The maximum atomic E-state index is 6.32. The van der Waals surface area contributed by atoms with E-state index in [2.05, 4.69) is 11.1 Å². The van der Waals surface area contributed by atoms with Gasteiger partial charge in [0.25, 0.3) is 0 Å². The van der Waals surface area contributed by atoms with Crippen LogP contribution in [0.25, 0.3) is 10.2 Å². The molecule has 0 fully saturated rings. The van der Waals surface area contributed by atoms with E-state index in [0.29, 0.717) is 0 Å². The number of fused-ring (bicyclic) bond motifs is 1. The molecule has 0 saturated heterocycles. The molecule has 0 aliphatic carbocycles. The molecular weight excluding hydrogens is 288 g/mol. The Morgan fingerprint density at radius 2 is 2.05 bits per heavy atom. The minimum Gasteiger partial charge on any atom is -0.324 e. The summed E-state index contributed by atoms with van der Waals surface area (Å²) in [5, 5.41) is 1.83. The first-order valence-corrected chi connectivity index (χ1v) is 7.69. The Bertz CT molecular complexity index is 718. The number of para-hydroxylation sites is 1. The predicted molar refractivity (Wildman–Crippen MR) is 86.4 cm³/mol. The van der Waals surface area contributed by atoms with Crippen molar-refractivity contribution in [1.29, 1.82) is 0 Å². The van der Waals surface area contributed by atoms with Gasteiger partial charge in [-0.2, -0.15) is 0 Å². The summed E-state index contributed by atoms with van der Waals surface area (Å²) in [6.07, 6.45) is 0.752. The largest absolute Gasteiger partial charge is 0.324 e. The summed E-state index contributed by atoms with van der Waals surface area (Å²) in [5.41, 5.74) is 9.64. The van der Waals surface area contributed by atoms with Gasteiger partial charge in [0.1, 0.15) is 0 Å². The summed E-state index contributed by atoms with van der Waals surface area (Å²) in [5.74, 6) is 0. The van der Waals surface area contributed by atoms with Crippen LogP contribution in [0.4, 0.5) is 0 Å². The van der Waals surface area contributed by atoms with E-state index >= 15 is 0 Å². The smallest absolute Gasteiger partial charge is 0.0957 e. The Hall–Kier alpha value is -1.42. The maximum Gasteiger partial charge on any atom is 0.0957 e. The van der Waals surface area contributed by atoms with Crippen molar-refractivity contribution in [3.63, 3.8) is 0 Å². The lowest BCUT2D eigenvalue weighted by atomic mass is 10.00. The highest BCUT2D eigenvalue weighted by Crippen LogP contribution is 2.27. The summed E-state index contributed by atoms with van der Waals surface area (Å²) < 4.78 is 1.21. The van der Waals surface area contributed by atoms with Crippen LogP contribution in [0.1, 0.15) is 22.2 Å². The van der Waals surface area contributed by atoms with E-state index < -0.39 is 0 Å². The van der Waals surface area contributed by atoms with E-state index in [1.165, 1.54) is 4.70 Å². The normalized spacial score (nSPS) is 12.8. The Balaban J connectivity index is 1.86. The van der Waals surface area contributed by atoms with E-state index in [4.69, 9.17) is 17.3 Å². The lowest BCUT2D eigenvalue weighted by molar-refractivity contribution is 0.714. The van der Waals surface area contributed by atoms with Crippen LogP contribution in [0, 0.1) is 6.92 Å². The molecule has 0 aliphatic heterocycles. The first-order valence-electron chi connectivity index (χ1n) is 6.49. The summed E-state index contributed by atoms with van der Waals surface area (Å²) >= 11 is 7.70. The zero-order valence-corrected chi connectivity index (χ0v) is 12.7. The van der Waals surface area contributed by atoms with Crippen LogP contribution in [0.2, 0.25) is 5.02 Å². The number of rotatable bonds is 3. The SMILES string of the molecule is Cc1cc(Cl)ccc1C(N)Cc1nc2ccccc2s1. The zero-order chi connectivity index (χ0) is 14.1. The van der Waals surface area contributed by atoms with Crippen molar-refractivity contribution in [2.75, 3.05) is 0 Å². The van der Waals surface area contributed by atoms with Crippen molar-refractivity contribution in [1.82, 2.24) is 4.98 Å². The van der Waals surface area contributed by atoms with Crippen LogP contribution in [-0.4, -0.2) is 4.98 Å². The second-order valence-electron chi connectivity index (χ2n) is 4.89. The fourth-order valence-corrected chi connectivity index (χ4v) is 3.61. The van der Waals surface area contributed by atoms with Crippen LogP contribution in [0.3, 0.4) is 0 Å². The molecule has 102 valence electrons. The average Bonchev–Trinajstić information content (AvgIpc) is 2.80.